The molecule has 0 spiro atoms. The molecule has 0 saturated carbocycles. The van der Waals surface area contributed by atoms with Crippen molar-refractivity contribution in [3.05, 3.63) is 29.8 Å². The van der Waals surface area contributed by atoms with E-state index in [1.165, 1.54) is 50.8 Å². The average Bonchev–Trinajstić information content (AvgIpc) is 2.74. The van der Waals surface area contributed by atoms with Crippen LogP contribution in [-0.2, 0) is 0 Å². The number of benzene rings is 1. The van der Waals surface area contributed by atoms with Gasteiger partial charge in [-0.2, -0.15) is 0 Å². The van der Waals surface area contributed by atoms with Crippen molar-refractivity contribution in [3.8, 4) is 5.75 Å². The number of fused-ring (bicyclic) bond motifs is 1. The van der Waals surface area contributed by atoms with Crippen LogP contribution in [0.25, 0.3) is 0 Å². The quantitative estimate of drug-likeness (QED) is 0.927. The summed E-state index contributed by atoms with van der Waals surface area (Å²) in [5.41, 5.74) is 7.71. The summed E-state index contributed by atoms with van der Waals surface area (Å²) in [6.07, 6.45) is 6.69. The number of nitrogens with two attached hydrogens (primary N) is 1. The molecule has 1 aromatic carbocycles. The molecule has 3 nitrogen and oxygen atoms in total. The van der Waals surface area contributed by atoms with Gasteiger partial charge in [0.2, 0.25) is 0 Å². The molecule has 0 aliphatic carbocycles. The Bertz CT molecular complexity index is 462. The van der Waals surface area contributed by atoms with Crippen LogP contribution in [0.1, 0.15) is 50.6 Å². The van der Waals surface area contributed by atoms with E-state index in [0.717, 1.165) is 18.3 Å². The molecule has 0 bridgehead atoms. The predicted octanol–water partition coefficient (Wildman–Crippen LogP) is 3.35. The van der Waals surface area contributed by atoms with Crippen LogP contribution in [0.4, 0.5) is 0 Å². The molecule has 2 N–H and O–H groups in total. The minimum Gasteiger partial charge on any atom is -0.492 e. The second kappa shape index (κ2) is 6.80. The highest BCUT2D eigenvalue weighted by Crippen LogP contribution is 2.34. The number of hydrogen-bond acceptors (Lipinski definition) is 3. The molecule has 2 heterocycles. The van der Waals surface area contributed by atoms with Gasteiger partial charge < -0.3 is 10.5 Å². The molecule has 0 amide bonds. The molecule has 0 radical (unpaired) electrons. The summed E-state index contributed by atoms with van der Waals surface area (Å²) in [6, 6.07) is 8.64. The molecule has 3 unspecified atom stereocenters. The second-order valence-corrected chi connectivity index (χ2v) is 6.56. The maximum absolute atomic E-state index is 6.54. The van der Waals surface area contributed by atoms with Gasteiger partial charge >= 0.3 is 0 Å². The van der Waals surface area contributed by atoms with Gasteiger partial charge in [-0.1, -0.05) is 38.0 Å². The molecule has 2 aliphatic rings. The van der Waals surface area contributed by atoms with Crippen molar-refractivity contribution in [3.63, 3.8) is 0 Å². The smallest absolute Gasteiger partial charge is 0.124 e. The molecule has 3 heteroatoms. The van der Waals surface area contributed by atoms with Crippen molar-refractivity contribution in [1.82, 2.24) is 4.90 Å². The van der Waals surface area contributed by atoms with Gasteiger partial charge in [0.15, 0.2) is 0 Å². The highest BCUT2D eigenvalue weighted by molar-refractivity contribution is 5.38. The fraction of sp³-hybridized carbons (Fsp3) is 0.667. The summed E-state index contributed by atoms with van der Waals surface area (Å²) in [6.45, 7) is 5.37. The first-order chi connectivity index (χ1) is 10.3. The van der Waals surface area contributed by atoms with E-state index in [0.29, 0.717) is 6.04 Å². The van der Waals surface area contributed by atoms with Crippen molar-refractivity contribution >= 4 is 0 Å². The predicted molar refractivity (Wildman–Crippen MR) is 86.5 cm³/mol. The number of likely N-dealkylation sites (tertiary alicyclic amines) is 1. The molecule has 1 saturated heterocycles. The Morgan fingerprint density at radius 2 is 2.10 bits per heavy atom. The van der Waals surface area contributed by atoms with Crippen molar-refractivity contribution in [2.75, 3.05) is 19.7 Å². The lowest BCUT2D eigenvalue weighted by Gasteiger charge is -2.38. The highest BCUT2D eigenvalue weighted by Gasteiger charge is 2.33. The van der Waals surface area contributed by atoms with Crippen LogP contribution in [0, 0.1) is 5.92 Å². The van der Waals surface area contributed by atoms with E-state index in [-0.39, 0.29) is 6.04 Å². The number of ether oxygens (including phenoxy) is 1. The maximum atomic E-state index is 6.54. The minimum atomic E-state index is 0.0812. The molecule has 21 heavy (non-hydrogen) atoms. The van der Waals surface area contributed by atoms with Gasteiger partial charge in [0, 0.05) is 5.56 Å². The Kier molecular flexibility index (Phi) is 4.81. The zero-order valence-electron chi connectivity index (χ0n) is 13.1. The molecule has 1 aromatic rings. The van der Waals surface area contributed by atoms with Gasteiger partial charge in [-0.3, -0.25) is 4.90 Å². The lowest BCUT2D eigenvalue weighted by Crippen LogP contribution is -2.49. The van der Waals surface area contributed by atoms with Crippen molar-refractivity contribution in [2.45, 2.75) is 51.1 Å². The van der Waals surface area contributed by atoms with Gasteiger partial charge in [0.25, 0.3) is 0 Å². The largest absolute Gasteiger partial charge is 0.492 e. The summed E-state index contributed by atoms with van der Waals surface area (Å²) in [7, 11) is 0. The van der Waals surface area contributed by atoms with Crippen LogP contribution in [0.3, 0.4) is 0 Å². The SMILES string of the molecule is CCCC1CCCN(C2COc3ccccc3C2N)CC1. The molecule has 2 aliphatic heterocycles. The van der Waals surface area contributed by atoms with Crippen LogP contribution in [0.15, 0.2) is 24.3 Å². The monoisotopic (exact) mass is 288 g/mol. The molecular weight excluding hydrogens is 260 g/mol. The van der Waals surface area contributed by atoms with Crippen molar-refractivity contribution < 1.29 is 4.74 Å². The Morgan fingerprint density at radius 3 is 2.95 bits per heavy atom. The first-order valence-electron chi connectivity index (χ1n) is 8.51. The third-order valence-corrected chi connectivity index (χ3v) is 5.15. The van der Waals surface area contributed by atoms with E-state index in [9.17, 15) is 0 Å². The Labute approximate surface area is 128 Å². The minimum absolute atomic E-state index is 0.0812. The molecule has 0 aromatic heterocycles. The number of hydrogen-bond donors (Lipinski definition) is 1. The average molecular weight is 288 g/mol. The van der Waals surface area contributed by atoms with Crippen molar-refractivity contribution in [1.29, 1.82) is 0 Å². The van der Waals surface area contributed by atoms with E-state index in [4.69, 9.17) is 10.5 Å². The fourth-order valence-electron chi connectivity index (χ4n) is 3.92. The number of rotatable bonds is 3. The van der Waals surface area contributed by atoms with E-state index >= 15 is 0 Å². The summed E-state index contributed by atoms with van der Waals surface area (Å²) in [4.78, 5) is 2.58. The second-order valence-electron chi connectivity index (χ2n) is 6.56. The summed E-state index contributed by atoms with van der Waals surface area (Å²) < 4.78 is 5.95. The zero-order valence-corrected chi connectivity index (χ0v) is 13.1. The first-order valence-corrected chi connectivity index (χ1v) is 8.51. The summed E-state index contributed by atoms with van der Waals surface area (Å²) >= 11 is 0. The van der Waals surface area contributed by atoms with Crippen LogP contribution in [0.2, 0.25) is 0 Å². The van der Waals surface area contributed by atoms with Gasteiger partial charge in [0.1, 0.15) is 12.4 Å². The van der Waals surface area contributed by atoms with Crippen molar-refractivity contribution in [2.24, 2.45) is 11.7 Å². The van der Waals surface area contributed by atoms with Crippen LogP contribution >= 0.6 is 0 Å². The third-order valence-electron chi connectivity index (χ3n) is 5.15. The highest BCUT2D eigenvalue weighted by atomic mass is 16.5. The van der Waals surface area contributed by atoms with Gasteiger partial charge in [-0.15, -0.1) is 0 Å². The Hall–Kier alpha value is -1.06. The maximum Gasteiger partial charge on any atom is 0.124 e. The lowest BCUT2D eigenvalue weighted by molar-refractivity contribution is 0.0994. The molecule has 116 valence electrons. The molecule has 1 fully saturated rings. The van der Waals surface area contributed by atoms with Gasteiger partial charge in [-0.05, 0) is 44.3 Å². The van der Waals surface area contributed by atoms with Crippen LogP contribution in [-0.4, -0.2) is 30.6 Å². The summed E-state index contributed by atoms with van der Waals surface area (Å²) in [5, 5.41) is 0. The fourth-order valence-corrected chi connectivity index (χ4v) is 3.92. The van der Waals surface area contributed by atoms with Gasteiger partial charge in [0.05, 0.1) is 12.1 Å². The number of para-hydroxylation sites is 1. The summed E-state index contributed by atoms with van der Waals surface area (Å²) in [5.74, 6) is 1.88. The first kappa shape index (κ1) is 14.9. The third kappa shape index (κ3) is 3.24. The standard InChI is InChI=1S/C18H28N2O/c1-2-6-14-7-5-11-20(12-10-14)16-13-21-17-9-4-3-8-15(17)18(16)19/h3-4,8-9,14,16,18H,2,5-7,10-13,19H2,1H3. The molecule has 3 atom stereocenters. The van der Waals surface area contributed by atoms with E-state index in [1.807, 2.05) is 12.1 Å². The Morgan fingerprint density at radius 1 is 1.24 bits per heavy atom. The van der Waals surface area contributed by atoms with Gasteiger partial charge in [-0.25, -0.2) is 0 Å². The molecule has 3 rings (SSSR count). The normalized spacial score (nSPS) is 30.3. The Balaban J connectivity index is 1.67. The van der Waals surface area contributed by atoms with Crippen LogP contribution < -0.4 is 10.5 Å². The molecular formula is C18H28N2O. The van der Waals surface area contributed by atoms with E-state index in [2.05, 4.69) is 24.0 Å². The zero-order chi connectivity index (χ0) is 14.7. The van der Waals surface area contributed by atoms with E-state index in [1.54, 1.807) is 0 Å². The topological polar surface area (TPSA) is 38.5 Å². The number of nitrogens with zero attached hydrogens (tertiary/aromatic N) is 1. The van der Waals surface area contributed by atoms with Crippen LogP contribution in [0.5, 0.6) is 5.75 Å². The lowest BCUT2D eigenvalue weighted by atomic mass is 9.95. The van der Waals surface area contributed by atoms with E-state index < -0.39 is 0 Å².